The van der Waals surface area contributed by atoms with Crippen LogP contribution in [0, 0.1) is 0 Å². The minimum atomic E-state index is 0.0891. The number of thiazole rings is 1. The molecular weight excluding hydrogens is 150 g/mol. The van der Waals surface area contributed by atoms with Gasteiger partial charge in [-0.05, 0) is 0 Å². The molecule has 1 rings (SSSR count). The maximum Gasteiger partial charge on any atom is 0.161 e. The molecule has 0 aromatic carbocycles. The fourth-order valence-corrected chi connectivity index (χ4v) is 1.31. The molecule has 0 saturated heterocycles. The smallest absolute Gasteiger partial charge is 0.161 e. The zero-order chi connectivity index (χ0) is 7.40. The molecule has 1 heterocycles. The highest BCUT2D eigenvalue weighted by Gasteiger charge is 1.98. The third kappa shape index (κ3) is 1.62. The van der Waals surface area contributed by atoms with Gasteiger partial charge in [-0.15, -0.1) is 11.3 Å². The molecule has 3 nitrogen and oxygen atoms in total. The van der Waals surface area contributed by atoms with Crippen LogP contribution < -0.4 is 0 Å². The Bertz CT molecular complexity index is 221. The molecule has 0 saturated carbocycles. The zero-order valence-electron chi connectivity index (χ0n) is 5.28. The van der Waals surface area contributed by atoms with Gasteiger partial charge in [0.1, 0.15) is 0 Å². The topological polar surface area (TPSA) is 50.2 Å². The summed E-state index contributed by atoms with van der Waals surface area (Å²) in [6.07, 6.45) is 2.82. The molecule has 0 spiro atoms. The summed E-state index contributed by atoms with van der Waals surface area (Å²) in [7, 11) is 0. The van der Waals surface area contributed by atoms with Crippen molar-refractivity contribution in [3.63, 3.8) is 0 Å². The molecule has 0 radical (unpaired) electrons. The highest BCUT2D eigenvalue weighted by atomic mass is 32.1. The molecule has 1 aromatic rings. The number of aliphatic hydroxyl groups excluding tert-OH is 1. The van der Waals surface area contributed by atoms with E-state index in [0.29, 0.717) is 11.3 Å². The number of carbonyl (C=O) groups is 1. The van der Waals surface area contributed by atoms with Gasteiger partial charge >= 0.3 is 0 Å². The van der Waals surface area contributed by atoms with Gasteiger partial charge in [0.2, 0.25) is 0 Å². The van der Waals surface area contributed by atoms with Crippen LogP contribution in [0.5, 0.6) is 0 Å². The summed E-state index contributed by atoms with van der Waals surface area (Å²) in [5.41, 5.74) is 0. The lowest BCUT2D eigenvalue weighted by Crippen LogP contribution is -1.87. The van der Waals surface area contributed by atoms with Crippen LogP contribution in [0.25, 0.3) is 0 Å². The average molecular weight is 157 g/mol. The van der Waals surface area contributed by atoms with Crippen molar-refractivity contribution in [3.05, 3.63) is 16.1 Å². The monoisotopic (exact) mass is 157 g/mol. The highest BCUT2D eigenvalue weighted by Crippen LogP contribution is 2.10. The number of hydrogen-bond acceptors (Lipinski definition) is 4. The summed E-state index contributed by atoms with van der Waals surface area (Å²) in [4.78, 5) is 14.7. The molecule has 0 atom stereocenters. The largest absolute Gasteiger partial charge is 0.396 e. The number of rotatable bonds is 3. The minimum absolute atomic E-state index is 0.0891. The summed E-state index contributed by atoms with van der Waals surface area (Å²) in [6.45, 7) is 0.0891. The molecule has 10 heavy (non-hydrogen) atoms. The second-order valence-electron chi connectivity index (χ2n) is 1.75. The Morgan fingerprint density at radius 1 is 1.80 bits per heavy atom. The predicted molar refractivity (Wildman–Crippen MR) is 38.3 cm³/mol. The molecule has 0 aliphatic heterocycles. The average Bonchev–Trinajstić information content (AvgIpc) is 2.37. The summed E-state index contributed by atoms with van der Waals surface area (Å²) in [6, 6.07) is 0. The molecular formula is C6H7NO2S. The van der Waals surface area contributed by atoms with E-state index in [1.54, 1.807) is 0 Å². The molecule has 0 bridgehead atoms. The van der Waals surface area contributed by atoms with Gasteiger partial charge in [-0.1, -0.05) is 0 Å². The van der Waals surface area contributed by atoms with Crippen molar-refractivity contribution >= 4 is 17.6 Å². The van der Waals surface area contributed by atoms with E-state index in [0.717, 1.165) is 11.3 Å². The zero-order valence-corrected chi connectivity index (χ0v) is 6.10. The normalized spacial score (nSPS) is 9.70. The van der Waals surface area contributed by atoms with Crippen LogP contribution in [-0.2, 0) is 6.42 Å². The number of hydrogen-bond donors (Lipinski definition) is 1. The van der Waals surface area contributed by atoms with Gasteiger partial charge in [-0.2, -0.15) is 0 Å². The molecule has 1 N–H and O–H groups in total. The van der Waals surface area contributed by atoms with Crippen LogP contribution in [0.3, 0.4) is 0 Å². The summed E-state index contributed by atoms with van der Waals surface area (Å²) < 4.78 is 0. The number of aldehydes is 1. The SMILES string of the molecule is O=Cc1cnc(CCO)s1. The molecule has 0 aliphatic rings. The van der Waals surface area contributed by atoms with E-state index in [9.17, 15) is 4.79 Å². The maximum absolute atomic E-state index is 10.1. The van der Waals surface area contributed by atoms with Crippen molar-refractivity contribution in [1.29, 1.82) is 0 Å². The molecule has 54 valence electrons. The Morgan fingerprint density at radius 2 is 2.60 bits per heavy atom. The van der Waals surface area contributed by atoms with Crippen LogP contribution in [0.1, 0.15) is 14.7 Å². The molecule has 0 aliphatic carbocycles. The summed E-state index contributed by atoms with van der Waals surface area (Å²) in [5.74, 6) is 0. The van der Waals surface area contributed by atoms with E-state index in [2.05, 4.69) is 4.98 Å². The van der Waals surface area contributed by atoms with Crippen LogP contribution in [0.4, 0.5) is 0 Å². The molecule has 0 amide bonds. The van der Waals surface area contributed by atoms with Crippen LogP contribution in [0.15, 0.2) is 6.20 Å². The first-order valence-electron chi connectivity index (χ1n) is 2.87. The van der Waals surface area contributed by atoms with Crippen molar-refractivity contribution in [2.75, 3.05) is 6.61 Å². The maximum atomic E-state index is 10.1. The standard InChI is InChI=1S/C6H7NO2S/c8-2-1-6-7-3-5(4-9)10-6/h3-4,8H,1-2H2. The van der Waals surface area contributed by atoms with Crippen molar-refractivity contribution in [2.24, 2.45) is 0 Å². The number of nitrogens with zero attached hydrogens (tertiary/aromatic N) is 1. The third-order valence-corrected chi connectivity index (χ3v) is 2.00. The predicted octanol–water partition coefficient (Wildman–Crippen LogP) is 0.490. The van der Waals surface area contributed by atoms with E-state index >= 15 is 0 Å². The van der Waals surface area contributed by atoms with E-state index in [1.807, 2.05) is 0 Å². The highest BCUT2D eigenvalue weighted by molar-refractivity contribution is 7.13. The molecule has 4 heteroatoms. The van der Waals surface area contributed by atoms with Gasteiger partial charge in [0.15, 0.2) is 6.29 Å². The fraction of sp³-hybridized carbons (Fsp3) is 0.333. The van der Waals surface area contributed by atoms with E-state index < -0.39 is 0 Å². The Kier molecular flexibility index (Phi) is 2.53. The molecule has 0 fully saturated rings. The first-order valence-corrected chi connectivity index (χ1v) is 3.69. The Morgan fingerprint density at radius 3 is 3.10 bits per heavy atom. The Balaban J connectivity index is 2.68. The van der Waals surface area contributed by atoms with Gasteiger partial charge in [0.05, 0.1) is 9.88 Å². The second-order valence-corrected chi connectivity index (χ2v) is 2.89. The quantitative estimate of drug-likeness (QED) is 0.649. The molecule has 0 unspecified atom stereocenters. The fourth-order valence-electron chi connectivity index (χ4n) is 0.590. The number of aliphatic hydroxyl groups is 1. The third-order valence-electron chi connectivity index (χ3n) is 1.01. The van der Waals surface area contributed by atoms with Gasteiger partial charge in [0.25, 0.3) is 0 Å². The van der Waals surface area contributed by atoms with Crippen molar-refractivity contribution < 1.29 is 9.90 Å². The number of carbonyl (C=O) groups excluding carboxylic acids is 1. The lowest BCUT2D eigenvalue weighted by atomic mass is 10.5. The van der Waals surface area contributed by atoms with Crippen LogP contribution in [-0.4, -0.2) is 23.0 Å². The Hall–Kier alpha value is -0.740. The van der Waals surface area contributed by atoms with Crippen molar-refractivity contribution in [1.82, 2.24) is 4.98 Å². The van der Waals surface area contributed by atoms with Gasteiger partial charge in [-0.3, -0.25) is 4.79 Å². The van der Waals surface area contributed by atoms with E-state index in [-0.39, 0.29) is 6.61 Å². The Labute approximate surface area is 62.3 Å². The second kappa shape index (κ2) is 3.43. The van der Waals surface area contributed by atoms with Crippen LogP contribution in [0.2, 0.25) is 0 Å². The first-order chi connectivity index (χ1) is 4.86. The van der Waals surface area contributed by atoms with Gasteiger partial charge in [0, 0.05) is 19.2 Å². The number of aromatic nitrogens is 1. The molecule has 1 aromatic heterocycles. The lowest BCUT2D eigenvalue weighted by molar-refractivity contribution is 0.112. The van der Waals surface area contributed by atoms with E-state index in [4.69, 9.17) is 5.11 Å². The summed E-state index contributed by atoms with van der Waals surface area (Å²) in [5, 5.41) is 9.29. The van der Waals surface area contributed by atoms with Crippen molar-refractivity contribution in [3.8, 4) is 0 Å². The van der Waals surface area contributed by atoms with E-state index in [1.165, 1.54) is 17.5 Å². The summed E-state index contributed by atoms with van der Waals surface area (Å²) >= 11 is 1.32. The van der Waals surface area contributed by atoms with Gasteiger partial charge in [-0.25, -0.2) is 4.98 Å². The van der Waals surface area contributed by atoms with Crippen molar-refractivity contribution in [2.45, 2.75) is 6.42 Å². The lowest BCUT2D eigenvalue weighted by Gasteiger charge is -1.84. The van der Waals surface area contributed by atoms with Crippen LogP contribution >= 0.6 is 11.3 Å². The first kappa shape index (κ1) is 7.37. The minimum Gasteiger partial charge on any atom is -0.396 e. The van der Waals surface area contributed by atoms with Gasteiger partial charge < -0.3 is 5.11 Å².